The van der Waals surface area contributed by atoms with Gasteiger partial charge in [-0.1, -0.05) is 12.1 Å². The molecule has 2 amide bonds. The molecule has 0 radical (unpaired) electrons. The third-order valence-electron chi connectivity index (χ3n) is 3.24. The van der Waals surface area contributed by atoms with E-state index in [1.54, 1.807) is 13.3 Å². The number of hydrogen-bond donors (Lipinski definition) is 2. The van der Waals surface area contributed by atoms with Crippen LogP contribution >= 0.6 is 0 Å². The first-order valence-corrected chi connectivity index (χ1v) is 7.19. The quantitative estimate of drug-likeness (QED) is 0.890. The minimum atomic E-state index is -0.353. The van der Waals surface area contributed by atoms with E-state index in [4.69, 9.17) is 4.74 Å². The number of carbonyl (C=O) groups is 1. The summed E-state index contributed by atoms with van der Waals surface area (Å²) in [5.41, 5.74) is 0.910. The van der Waals surface area contributed by atoms with Gasteiger partial charge in [0.25, 0.3) is 0 Å². The molecule has 0 saturated heterocycles. The number of aromatic nitrogens is 2. The second-order valence-corrected chi connectivity index (χ2v) is 5.38. The molecule has 0 spiro atoms. The molecule has 2 rings (SSSR count). The summed E-state index contributed by atoms with van der Waals surface area (Å²) < 4.78 is 7.16. The molecule has 0 fully saturated rings. The molecule has 1 unspecified atom stereocenters. The van der Waals surface area contributed by atoms with E-state index < -0.39 is 0 Å². The molecule has 0 saturated carbocycles. The Morgan fingerprint density at radius 3 is 2.68 bits per heavy atom. The second-order valence-electron chi connectivity index (χ2n) is 5.38. The van der Waals surface area contributed by atoms with Gasteiger partial charge in [-0.25, -0.2) is 9.78 Å². The monoisotopic (exact) mass is 302 g/mol. The van der Waals surface area contributed by atoms with Crippen molar-refractivity contribution in [3.63, 3.8) is 0 Å². The summed E-state index contributed by atoms with van der Waals surface area (Å²) in [6, 6.07) is 7.08. The minimum absolute atomic E-state index is 0.0623. The summed E-state index contributed by atoms with van der Waals surface area (Å²) in [7, 11) is 3.52. The Hall–Kier alpha value is -2.50. The van der Waals surface area contributed by atoms with Gasteiger partial charge in [0.1, 0.15) is 17.6 Å². The fourth-order valence-corrected chi connectivity index (χ4v) is 2.21. The Kier molecular flexibility index (Phi) is 5.04. The third-order valence-corrected chi connectivity index (χ3v) is 3.24. The fourth-order valence-electron chi connectivity index (χ4n) is 2.21. The summed E-state index contributed by atoms with van der Waals surface area (Å²) in [6.07, 6.45) is 3.56. The first kappa shape index (κ1) is 15.9. The maximum atomic E-state index is 12.1. The zero-order valence-corrected chi connectivity index (χ0v) is 13.3. The van der Waals surface area contributed by atoms with Crippen molar-refractivity contribution >= 4 is 6.03 Å². The SMILES string of the molecule is COc1cccc(C(NC(=O)NC(C)C)c2nccn2C)c1. The highest BCUT2D eigenvalue weighted by atomic mass is 16.5. The first-order valence-electron chi connectivity index (χ1n) is 7.19. The number of nitrogens with one attached hydrogen (secondary N) is 2. The van der Waals surface area contributed by atoms with Gasteiger partial charge >= 0.3 is 6.03 Å². The van der Waals surface area contributed by atoms with Crippen LogP contribution in [-0.2, 0) is 7.05 Å². The van der Waals surface area contributed by atoms with Gasteiger partial charge < -0.3 is 19.9 Å². The Morgan fingerprint density at radius 2 is 2.09 bits per heavy atom. The van der Waals surface area contributed by atoms with Crippen molar-refractivity contribution in [3.05, 3.63) is 48.0 Å². The van der Waals surface area contributed by atoms with Gasteiger partial charge in [-0.2, -0.15) is 0 Å². The van der Waals surface area contributed by atoms with E-state index in [2.05, 4.69) is 15.6 Å². The minimum Gasteiger partial charge on any atom is -0.497 e. The Bertz CT molecular complexity index is 637. The highest BCUT2D eigenvalue weighted by molar-refractivity contribution is 5.75. The summed E-state index contributed by atoms with van der Waals surface area (Å²) in [5.74, 6) is 1.50. The Morgan fingerprint density at radius 1 is 1.32 bits per heavy atom. The van der Waals surface area contributed by atoms with Crippen LogP contribution in [0.25, 0.3) is 0 Å². The fraction of sp³-hybridized carbons (Fsp3) is 0.375. The molecular weight excluding hydrogens is 280 g/mol. The lowest BCUT2D eigenvalue weighted by atomic mass is 10.1. The number of urea groups is 1. The number of methoxy groups -OCH3 is 1. The van der Waals surface area contributed by atoms with Gasteiger partial charge in [0.2, 0.25) is 0 Å². The van der Waals surface area contributed by atoms with E-state index in [-0.39, 0.29) is 18.1 Å². The lowest BCUT2D eigenvalue weighted by Gasteiger charge is -2.21. The van der Waals surface area contributed by atoms with Crippen LogP contribution < -0.4 is 15.4 Å². The van der Waals surface area contributed by atoms with Crippen molar-refractivity contribution in [2.24, 2.45) is 7.05 Å². The number of benzene rings is 1. The molecule has 0 aliphatic heterocycles. The van der Waals surface area contributed by atoms with Crippen molar-refractivity contribution in [1.29, 1.82) is 0 Å². The lowest BCUT2D eigenvalue weighted by Crippen LogP contribution is -2.42. The number of imidazole rings is 1. The molecule has 22 heavy (non-hydrogen) atoms. The maximum absolute atomic E-state index is 12.1. The van der Waals surface area contributed by atoms with Crippen molar-refractivity contribution in [3.8, 4) is 5.75 Å². The first-order chi connectivity index (χ1) is 10.5. The summed E-state index contributed by atoms with van der Waals surface area (Å²) in [5, 5.41) is 5.80. The zero-order valence-electron chi connectivity index (χ0n) is 13.3. The molecule has 1 aromatic carbocycles. The standard InChI is InChI=1S/C16H22N4O2/c1-11(2)18-16(21)19-14(15-17-8-9-20(15)3)12-6-5-7-13(10-12)22-4/h5-11,14H,1-4H3,(H2,18,19,21). The topological polar surface area (TPSA) is 68.2 Å². The molecule has 1 aromatic heterocycles. The van der Waals surface area contributed by atoms with Gasteiger partial charge in [-0.05, 0) is 31.5 Å². The third kappa shape index (κ3) is 3.78. The zero-order chi connectivity index (χ0) is 16.1. The van der Waals surface area contributed by atoms with Gasteiger partial charge in [-0.15, -0.1) is 0 Å². The van der Waals surface area contributed by atoms with Crippen LogP contribution in [0.5, 0.6) is 5.75 Å². The van der Waals surface area contributed by atoms with Crippen molar-refractivity contribution in [1.82, 2.24) is 20.2 Å². The lowest BCUT2D eigenvalue weighted by molar-refractivity contribution is 0.235. The average molecular weight is 302 g/mol. The molecule has 2 N–H and O–H groups in total. The molecular formula is C16H22N4O2. The molecule has 0 bridgehead atoms. The normalized spacial score (nSPS) is 12.0. The van der Waals surface area contributed by atoms with E-state index in [1.165, 1.54) is 0 Å². The summed E-state index contributed by atoms with van der Waals surface area (Å²) >= 11 is 0. The van der Waals surface area contributed by atoms with Gasteiger partial charge in [0.15, 0.2) is 0 Å². The van der Waals surface area contributed by atoms with E-state index in [9.17, 15) is 4.79 Å². The molecule has 0 aliphatic carbocycles. The molecule has 1 atom stereocenters. The van der Waals surface area contributed by atoms with E-state index in [1.807, 2.05) is 55.9 Å². The highest BCUT2D eigenvalue weighted by Gasteiger charge is 2.21. The molecule has 6 nitrogen and oxygen atoms in total. The highest BCUT2D eigenvalue weighted by Crippen LogP contribution is 2.24. The smallest absolute Gasteiger partial charge is 0.315 e. The van der Waals surface area contributed by atoms with Crippen LogP contribution in [0.4, 0.5) is 4.79 Å². The Labute approximate surface area is 130 Å². The molecule has 118 valence electrons. The number of aryl methyl sites for hydroxylation is 1. The predicted octanol–water partition coefficient (Wildman–Crippen LogP) is 2.23. The number of rotatable bonds is 5. The van der Waals surface area contributed by atoms with Crippen molar-refractivity contribution < 1.29 is 9.53 Å². The average Bonchev–Trinajstić information content (AvgIpc) is 2.90. The summed E-state index contributed by atoms with van der Waals surface area (Å²) in [4.78, 5) is 16.5. The van der Waals surface area contributed by atoms with Gasteiger partial charge in [-0.3, -0.25) is 0 Å². The second kappa shape index (κ2) is 6.98. The number of amides is 2. The molecule has 2 aromatic rings. The number of nitrogens with zero attached hydrogens (tertiary/aromatic N) is 2. The maximum Gasteiger partial charge on any atom is 0.315 e. The molecule has 1 heterocycles. The summed E-state index contributed by atoms with van der Waals surface area (Å²) in [6.45, 7) is 3.84. The Balaban J connectivity index is 2.33. The van der Waals surface area contributed by atoms with Crippen LogP contribution in [0.3, 0.4) is 0 Å². The number of hydrogen-bond acceptors (Lipinski definition) is 3. The number of carbonyl (C=O) groups excluding carboxylic acids is 1. The van der Waals surface area contributed by atoms with E-state index in [0.29, 0.717) is 0 Å². The van der Waals surface area contributed by atoms with Crippen LogP contribution in [0, 0.1) is 0 Å². The van der Waals surface area contributed by atoms with Crippen molar-refractivity contribution in [2.45, 2.75) is 25.9 Å². The predicted molar refractivity (Wildman–Crippen MR) is 84.8 cm³/mol. The van der Waals surface area contributed by atoms with Crippen LogP contribution in [0.2, 0.25) is 0 Å². The van der Waals surface area contributed by atoms with Gasteiger partial charge in [0, 0.05) is 25.5 Å². The van der Waals surface area contributed by atoms with E-state index in [0.717, 1.165) is 17.1 Å². The van der Waals surface area contributed by atoms with Gasteiger partial charge in [0.05, 0.1) is 7.11 Å². The molecule has 0 aliphatic rings. The molecule has 6 heteroatoms. The number of ether oxygens (including phenoxy) is 1. The van der Waals surface area contributed by atoms with Crippen LogP contribution in [0.1, 0.15) is 31.3 Å². The largest absolute Gasteiger partial charge is 0.497 e. The van der Waals surface area contributed by atoms with Crippen LogP contribution in [-0.4, -0.2) is 28.7 Å². The van der Waals surface area contributed by atoms with Crippen molar-refractivity contribution in [2.75, 3.05) is 7.11 Å². The van der Waals surface area contributed by atoms with E-state index >= 15 is 0 Å². The van der Waals surface area contributed by atoms with Crippen LogP contribution in [0.15, 0.2) is 36.7 Å².